The normalized spacial score (nSPS) is 15.8. The van der Waals surface area contributed by atoms with E-state index in [-0.39, 0.29) is 23.6 Å². The summed E-state index contributed by atoms with van der Waals surface area (Å²) in [6, 6.07) is 6.56. The Morgan fingerprint density at radius 3 is 2.55 bits per heavy atom. The molecule has 1 fully saturated rings. The van der Waals surface area contributed by atoms with E-state index in [0.29, 0.717) is 36.9 Å². The molecule has 0 atom stereocenters. The molecule has 20 heavy (non-hydrogen) atoms. The van der Waals surface area contributed by atoms with Crippen LogP contribution in [-0.2, 0) is 4.79 Å². The van der Waals surface area contributed by atoms with E-state index >= 15 is 0 Å². The summed E-state index contributed by atoms with van der Waals surface area (Å²) in [5.74, 6) is 0.220. The number of Topliss-reactive ketones (excluding diaryl/α,β-unsaturated/α-hetero) is 2. The van der Waals surface area contributed by atoms with E-state index in [1.165, 1.54) is 6.92 Å². The van der Waals surface area contributed by atoms with Crippen LogP contribution in [0.2, 0.25) is 0 Å². The van der Waals surface area contributed by atoms with Crippen LogP contribution in [0.5, 0.6) is 0 Å². The van der Waals surface area contributed by atoms with Gasteiger partial charge in [0, 0.05) is 30.1 Å². The maximum atomic E-state index is 11.9. The zero-order valence-electron chi connectivity index (χ0n) is 11.4. The first-order valence-corrected chi connectivity index (χ1v) is 6.75. The molecule has 0 unspecified atom stereocenters. The van der Waals surface area contributed by atoms with Gasteiger partial charge in [0.25, 0.3) is 0 Å². The number of amides is 2. The molecule has 2 rings (SSSR count). The van der Waals surface area contributed by atoms with Crippen molar-refractivity contribution in [2.45, 2.75) is 38.6 Å². The minimum atomic E-state index is -0.301. The quantitative estimate of drug-likeness (QED) is 0.832. The molecule has 5 heteroatoms. The topological polar surface area (TPSA) is 75.3 Å². The zero-order chi connectivity index (χ0) is 14.5. The van der Waals surface area contributed by atoms with Crippen molar-refractivity contribution in [2.75, 3.05) is 5.32 Å². The molecule has 0 aliphatic heterocycles. The maximum Gasteiger partial charge on any atom is 0.319 e. The Hall–Kier alpha value is -2.17. The summed E-state index contributed by atoms with van der Waals surface area (Å²) in [5, 5.41) is 5.56. The Labute approximate surface area is 117 Å². The molecule has 1 saturated carbocycles. The Morgan fingerprint density at radius 2 is 1.90 bits per heavy atom. The van der Waals surface area contributed by atoms with Crippen molar-refractivity contribution in [3.05, 3.63) is 29.8 Å². The van der Waals surface area contributed by atoms with E-state index in [1.807, 2.05) is 0 Å². The van der Waals surface area contributed by atoms with E-state index in [2.05, 4.69) is 10.6 Å². The maximum absolute atomic E-state index is 11.9. The molecule has 1 aromatic carbocycles. The highest BCUT2D eigenvalue weighted by Crippen LogP contribution is 2.15. The molecule has 5 nitrogen and oxygen atoms in total. The van der Waals surface area contributed by atoms with Gasteiger partial charge in [0.1, 0.15) is 5.78 Å². The lowest BCUT2D eigenvalue weighted by Crippen LogP contribution is -2.40. The van der Waals surface area contributed by atoms with Gasteiger partial charge >= 0.3 is 6.03 Å². The third-order valence-corrected chi connectivity index (χ3v) is 3.41. The van der Waals surface area contributed by atoms with Crippen LogP contribution in [0.1, 0.15) is 43.0 Å². The number of carbonyl (C=O) groups excluding carboxylic acids is 3. The fourth-order valence-corrected chi connectivity index (χ4v) is 2.25. The molecule has 2 amide bonds. The number of carbonyl (C=O) groups is 3. The van der Waals surface area contributed by atoms with Gasteiger partial charge in [0.2, 0.25) is 0 Å². The molecule has 0 heterocycles. The van der Waals surface area contributed by atoms with Crippen LogP contribution in [0.25, 0.3) is 0 Å². The number of anilines is 1. The van der Waals surface area contributed by atoms with Gasteiger partial charge in [-0.25, -0.2) is 4.79 Å². The Kier molecular flexibility index (Phi) is 4.50. The average Bonchev–Trinajstić information content (AvgIpc) is 2.41. The third kappa shape index (κ3) is 3.91. The Morgan fingerprint density at radius 1 is 1.20 bits per heavy atom. The molecule has 0 spiro atoms. The highest BCUT2D eigenvalue weighted by atomic mass is 16.2. The SMILES string of the molecule is CC(=O)c1cccc(NC(=O)NC2CCC(=O)CC2)c1. The first-order chi connectivity index (χ1) is 9.54. The molecule has 1 aliphatic carbocycles. The number of ketones is 2. The largest absolute Gasteiger partial charge is 0.335 e. The van der Waals surface area contributed by atoms with E-state index < -0.39 is 0 Å². The lowest BCUT2D eigenvalue weighted by Gasteiger charge is -2.22. The summed E-state index contributed by atoms with van der Waals surface area (Å²) in [4.78, 5) is 34.2. The van der Waals surface area contributed by atoms with Gasteiger partial charge in [-0.2, -0.15) is 0 Å². The van der Waals surface area contributed by atoms with Gasteiger partial charge in [-0.15, -0.1) is 0 Å². The third-order valence-electron chi connectivity index (χ3n) is 3.41. The summed E-state index contributed by atoms with van der Waals surface area (Å²) in [7, 11) is 0. The second-order valence-electron chi connectivity index (χ2n) is 5.05. The van der Waals surface area contributed by atoms with Crippen LogP contribution in [-0.4, -0.2) is 23.6 Å². The lowest BCUT2D eigenvalue weighted by molar-refractivity contribution is -0.120. The summed E-state index contributed by atoms with van der Waals surface area (Å²) in [6.45, 7) is 1.48. The fraction of sp³-hybridized carbons (Fsp3) is 0.400. The van der Waals surface area contributed by atoms with Crippen LogP contribution < -0.4 is 10.6 Å². The second-order valence-corrected chi connectivity index (χ2v) is 5.05. The van der Waals surface area contributed by atoms with Crippen molar-refractivity contribution in [3.8, 4) is 0 Å². The molecular weight excluding hydrogens is 256 g/mol. The van der Waals surface area contributed by atoms with E-state index in [0.717, 1.165) is 0 Å². The fourth-order valence-electron chi connectivity index (χ4n) is 2.25. The Balaban J connectivity index is 1.89. The van der Waals surface area contributed by atoms with Crippen LogP contribution in [0.3, 0.4) is 0 Å². The predicted molar refractivity (Wildman–Crippen MR) is 75.9 cm³/mol. The van der Waals surface area contributed by atoms with Gasteiger partial charge in [0.15, 0.2) is 5.78 Å². The summed E-state index contributed by atoms with van der Waals surface area (Å²) in [5.41, 5.74) is 1.15. The monoisotopic (exact) mass is 274 g/mol. The molecule has 1 aromatic rings. The van der Waals surface area contributed by atoms with E-state index in [1.54, 1.807) is 24.3 Å². The second kappa shape index (κ2) is 6.32. The van der Waals surface area contributed by atoms with Gasteiger partial charge in [-0.05, 0) is 31.9 Å². The minimum Gasteiger partial charge on any atom is -0.335 e. The number of rotatable bonds is 3. The molecule has 0 radical (unpaired) electrons. The van der Waals surface area contributed by atoms with Gasteiger partial charge in [-0.3, -0.25) is 9.59 Å². The molecule has 1 aliphatic rings. The number of urea groups is 1. The number of hydrogen-bond acceptors (Lipinski definition) is 3. The first-order valence-electron chi connectivity index (χ1n) is 6.75. The average molecular weight is 274 g/mol. The predicted octanol–water partition coefficient (Wildman–Crippen LogP) is 2.52. The first kappa shape index (κ1) is 14.2. The summed E-state index contributed by atoms with van der Waals surface area (Å²) in [6.07, 6.45) is 2.45. The van der Waals surface area contributed by atoms with E-state index in [9.17, 15) is 14.4 Å². The van der Waals surface area contributed by atoms with Gasteiger partial charge < -0.3 is 10.6 Å². The summed E-state index contributed by atoms with van der Waals surface area (Å²) >= 11 is 0. The number of benzene rings is 1. The zero-order valence-corrected chi connectivity index (χ0v) is 11.4. The highest BCUT2D eigenvalue weighted by molar-refractivity contribution is 5.96. The smallest absolute Gasteiger partial charge is 0.319 e. The van der Waals surface area contributed by atoms with Crippen molar-refractivity contribution in [1.29, 1.82) is 0 Å². The lowest BCUT2D eigenvalue weighted by atomic mass is 9.94. The Bertz CT molecular complexity index is 530. The molecule has 2 N–H and O–H groups in total. The highest BCUT2D eigenvalue weighted by Gasteiger charge is 2.20. The molecule has 0 saturated heterocycles. The summed E-state index contributed by atoms with van der Waals surface area (Å²) < 4.78 is 0. The van der Waals surface area contributed by atoms with Crippen LogP contribution in [0, 0.1) is 0 Å². The van der Waals surface area contributed by atoms with Crippen molar-refractivity contribution < 1.29 is 14.4 Å². The number of hydrogen-bond donors (Lipinski definition) is 2. The molecule has 106 valence electrons. The standard InChI is InChI=1S/C15H18N2O3/c1-10(18)11-3-2-4-13(9-11)17-15(20)16-12-5-7-14(19)8-6-12/h2-4,9,12H,5-8H2,1H3,(H2,16,17,20). The van der Waals surface area contributed by atoms with Crippen molar-refractivity contribution in [3.63, 3.8) is 0 Å². The molecule has 0 bridgehead atoms. The minimum absolute atomic E-state index is 0.0418. The van der Waals surface area contributed by atoms with Crippen LogP contribution >= 0.6 is 0 Å². The van der Waals surface area contributed by atoms with Crippen molar-refractivity contribution in [1.82, 2.24) is 5.32 Å². The van der Waals surface area contributed by atoms with Crippen molar-refractivity contribution in [2.24, 2.45) is 0 Å². The van der Waals surface area contributed by atoms with Crippen molar-refractivity contribution >= 4 is 23.3 Å². The number of nitrogens with one attached hydrogen (secondary N) is 2. The van der Waals surface area contributed by atoms with Gasteiger partial charge in [-0.1, -0.05) is 12.1 Å². The van der Waals surface area contributed by atoms with E-state index in [4.69, 9.17) is 0 Å². The van der Waals surface area contributed by atoms with Crippen LogP contribution in [0.4, 0.5) is 10.5 Å². The van der Waals surface area contributed by atoms with Gasteiger partial charge in [0.05, 0.1) is 0 Å². The molecule has 0 aromatic heterocycles. The van der Waals surface area contributed by atoms with Crippen LogP contribution in [0.15, 0.2) is 24.3 Å². The molecular formula is C15H18N2O3.